The van der Waals surface area contributed by atoms with Crippen molar-refractivity contribution in [1.29, 1.82) is 0 Å². The third-order valence-corrected chi connectivity index (χ3v) is 4.22. The SMILES string of the molecule is CSNc1cccc(-c2c(C#Cc3ccccc3)cccc2C(=O)O)c1. The van der Waals surface area contributed by atoms with Crippen LogP contribution in [0.4, 0.5) is 5.69 Å². The summed E-state index contributed by atoms with van der Waals surface area (Å²) >= 11 is 1.49. The summed E-state index contributed by atoms with van der Waals surface area (Å²) in [5.74, 6) is 5.28. The highest BCUT2D eigenvalue weighted by Crippen LogP contribution is 2.30. The zero-order valence-electron chi connectivity index (χ0n) is 14.2. The fraction of sp³-hybridized carbons (Fsp3) is 0.0455. The third-order valence-electron chi connectivity index (χ3n) is 3.78. The summed E-state index contributed by atoms with van der Waals surface area (Å²) in [4.78, 5) is 11.8. The number of carboxylic acids is 1. The van der Waals surface area contributed by atoms with Crippen molar-refractivity contribution in [2.45, 2.75) is 0 Å². The topological polar surface area (TPSA) is 49.3 Å². The summed E-state index contributed by atoms with van der Waals surface area (Å²) in [6.45, 7) is 0. The van der Waals surface area contributed by atoms with Gasteiger partial charge in [-0.05, 0) is 42.0 Å². The van der Waals surface area contributed by atoms with Gasteiger partial charge in [-0.3, -0.25) is 0 Å². The summed E-state index contributed by atoms with van der Waals surface area (Å²) in [5, 5.41) is 9.64. The highest BCUT2D eigenvalue weighted by atomic mass is 32.2. The molecule has 0 unspecified atom stereocenters. The molecule has 0 aliphatic rings. The number of carboxylic acid groups (broad SMARTS) is 1. The lowest BCUT2D eigenvalue weighted by atomic mass is 9.94. The van der Waals surface area contributed by atoms with E-state index in [1.807, 2.05) is 66.9 Å². The molecule has 0 spiro atoms. The van der Waals surface area contributed by atoms with Crippen LogP contribution < -0.4 is 4.72 Å². The third kappa shape index (κ3) is 4.08. The minimum atomic E-state index is -0.966. The van der Waals surface area contributed by atoms with Crippen molar-refractivity contribution in [3.8, 4) is 23.0 Å². The van der Waals surface area contributed by atoms with Gasteiger partial charge in [0.25, 0.3) is 0 Å². The minimum Gasteiger partial charge on any atom is -0.478 e. The molecule has 0 heterocycles. The molecule has 128 valence electrons. The van der Waals surface area contributed by atoms with Crippen molar-refractivity contribution in [2.24, 2.45) is 0 Å². The van der Waals surface area contributed by atoms with Crippen LogP contribution in [0.3, 0.4) is 0 Å². The molecule has 0 aliphatic carbocycles. The van der Waals surface area contributed by atoms with E-state index < -0.39 is 5.97 Å². The molecule has 0 aliphatic heterocycles. The van der Waals surface area contributed by atoms with Crippen LogP contribution in [0.1, 0.15) is 21.5 Å². The largest absolute Gasteiger partial charge is 0.478 e. The van der Waals surface area contributed by atoms with E-state index in [0.717, 1.165) is 16.8 Å². The van der Waals surface area contributed by atoms with Crippen LogP contribution >= 0.6 is 11.9 Å². The quantitative estimate of drug-likeness (QED) is 0.500. The Labute approximate surface area is 157 Å². The number of nitrogens with one attached hydrogen (secondary N) is 1. The zero-order valence-corrected chi connectivity index (χ0v) is 15.0. The number of anilines is 1. The zero-order chi connectivity index (χ0) is 18.4. The van der Waals surface area contributed by atoms with Crippen LogP contribution in [0.5, 0.6) is 0 Å². The molecule has 4 heteroatoms. The average Bonchev–Trinajstić information content (AvgIpc) is 2.67. The predicted molar refractivity (Wildman–Crippen MR) is 108 cm³/mol. The molecule has 0 amide bonds. The summed E-state index contributed by atoms with van der Waals surface area (Å²) in [6.07, 6.45) is 1.94. The van der Waals surface area contributed by atoms with Crippen molar-refractivity contribution in [3.05, 3.63) is 89.5 Å². The fourth-order valence-corrected chi connectivity index (χ4v) is 3.03. The second kappa shape index (κ2) is 8.28. The van der Waals surface area contributed by atoms with E-state index in [4.69, 9.17) is 0 Å². The van der Waals surface area contributed by atoms with E-state index in [1.54, 1.807) is 12.1 Å². The molecule has 3 aromatic carbocycles. The maximum absolute atomic E-state index is 11.8. The molecule has 0 bridgehead atoms. The first-order chi connectivity index (χ1) is 12.7. The number of benzene rings is 3. The van der Waals surface area contributed by atoms with Gasteiger partial charge in [0.2, 0.25) is 0 Å². The molecule has 0 atom stereocenters. The van der Waals surface area contributed by atoms with Crippen LogP contribution in [0, 0.1) is 11.8 Å². The molecular weight excluding hydrogens is 342 g/mol. The molecule has 0 saturated heterocycles. The number of rotatable bonds is 4. The van der Waals surface area contributed by atoms with Crippen molar-refractivity contribution in [2.75, 3.05) is 11.0 Å². The summed E-state index contributed by atoms with van der Waals surface area (Å²) in [6, 6.07) is 22.5. The van der Waals surface area contributed by atoms with Crippen LogP contribution in [-0.4, -0.2) is 17.3 Å². The second-order valence-electron chi connectivity index (χ2n) is 5.54. The Morgan fingerprint density at radius 2 is 1.73 bits per heavy atom. The van der Waals surface area contributed by atoms with Crippen LogP contribution in [-0.2, 0) is 0 Å². The first kappa shape index (κ1) is 17.7. The van der Waals surface area contributed by atoms with E-state index >= 15 is 0 Å². The van der Waals surface area contributed by atoms with Gasteiger partial charge < -0.3 is 9.83 Å². The molecule has 0 aromatic heterocycles. The van der Waals surface area contributed by atoms with Crippen LogP contribution in [0.2, 0.25) is 0 Å². The summed E-state index contributed by atoms with van der Waals surface area (Å²) < 4.78 is 3.18. The average molecular weight is 359 g/mol. The van der Waals surface area contributed by atoms with Gasteiger partial charge in [0.05, 0.1) is 5.56 Å². The number of aromatic carboxylic acids is 1. The molecule has 0 radical (unpaired) electrons. The normalized spacial score (nSPS) is 9.88. The Hall–Kier alpha value is -3.16. The Kier molecular flexibility index (Phi) is 5.62. The van der Waals surface area contributed by atoms with E-state index in [2.05, 4.69) is 16.6 Å². The van der Waals surface area contributed by atoms with Crippen molar-refractivity contribution < 1.29 is 9.90 Å². The standard InChI is InChI=1S/C22H17NO2S/c1-26-23-19-11-5-10-18(15-19)21-17(9-6-12-20(21)22(24)25)14-13-16-7-3-2-4-8-16/h2-12,15,23H,1H3,(H,24,25). The van der Waals surface area contributed by atoms with E-state index in [9.17, 15) is 9.90 Å². The van der Waals surface area contributed by atoms with Gasteiger partial charge in [-0.2, -0.15) is 0 Å². The lowest BCUT2D eigenvalue weighted by Gasteiger charge is -2.11. The summed E-state index contributed by atoms with van der Waals surface area (Å²) in [7, 11) is 0. The number of hydrogen-bond acceptors (Lipinski definition) is 3. The van der Waals surface area contributed by atoms with E-state index in [0.29, 0.717) is 11.1 Å². The van der Waals surface area contributed by atoms with Crippen molar-refractivity contribution >= 4 is 23.6 Å². The maximum Gasteiger partial charge on any atom is 0.336 e. The van der Waals surface area contributed by atoms with Gasteiger partial charge in [0, 0.05) is 28.6 Å². The van der Waals surface area contributed by atoms with Gasteiger partial charge in [-0.15, -0.1) is 0 Å². The molecule has 2 N–H and O–H groups in total. The molecule has 0 saturated carbocycles. The van der Waals surface area contributed by atoms with Gasteiger partial charge in [-0.1, -0.05) is 60.2 Å². The molecule has 3 nitrogen and oxygen atoms in total. The van der Waals surface area contributed by atoms with Gasteiger partial charge >= 0.3 is 5.97 Å². The van der Waals surface area contributed by atoms with Crippen molar-refractivity contribution in [1.82, 2.24) is 0 Å². The maximum atomic E-state index is 11.8. The molecule has 26 heavy (non-hydrogen) atoms. The molecule has 3 rings (SSSR count). The van der Waals surface area contributed by atoms with Gasteiger partial charge in [0.15, 0.2) is 0 Å². The lowest BCUT2D eigenvalue weighted by Crippen LogP contribution is -2.01. The minimum absolute atomic E-state index is 0.242. The van der Waals surface area contributed by atoms with Gasteiger partial charge in [0.1, 0.15) is 0 Å². The second-order valence-corrected chi connectivity index (χ2v) is 6.15. The Morgan fingerprint density at radius 1 is 0.962 bits per heavy atom. The van der Waals surface area contributed by atoms with E-state index in [-0.39, 0.29) is 5.56 Å². The summed E-state index contributed by atoms with van der Waals surface area (Å²) in [5.41, 5.74) is 4.18. The molecular formula is C22H17NO2S. The van der Waals surface area contributed by atoms with Crippen molar-refractivity contribution in [3.63, 3.8) is 0 Å². The first-order valence-electron chi connectivity index (χ1n) is 8.02. The van der Waals surface area contributed by atoms with Crippen LogP contribution in [0.25, 0.3) is 11.1 Å². The van der Waals surface area contributed by atoms with E-state index in [1.165, 1.54) is 11.9 Å². The van der Waals surface area contributed by atoms with Gasteiger partial charge in [-0.25, -0.2) is 4.79 Å². The number of hydrogen-bond donors (Lipinski definition) is 2. The monoisotopic (exact) mass is 359 g/mol. The van der Waals surface area contributed by atoms with Crippen LogP contribution in [0.15, 0.2) is 72.8 Å². The Morgan fingerprint density at radius 3 is 2.46 bits per heavy atom. The predicted octanol–water partition coefficient (Wildman–Crippen LogP) is 5.14. The first-order valence-corrected chi connectivity index (χ1v) is 9.24. The highest BCUT2D eigenvalue weighted by molar-refractivity contribution is 7.99. The molecule has 0 fully saturated rings. The molecule has 3 aromatic rings. The Bertz CT molecular complexity index is 988. The Balaban J connectivity index is 2.15. The smallest absolute Gasteiger partial charge is 0.336 e. The fourth-order valence-electron chi connectivity index (χ4n) is 2.66. The number of carbonyl (C=O) groups is 1. The lowest BCUT2D eigenvalue weighted by molar-refractivity contribution is 0.0697. The highest BCUT2D eigenvalue weighted by Gasteiger charge is 2.15.